The highest BCUT2D eigenvalue weighted by molar-refractivity contribution is 9.10. The van der Waals surface area contributed by atoms with Crippen molar-refractivity contribution in [3.63, 3.8) is 0 Å². The number of hydrogen-bond acceptors (Lipinski definition) is 4. The minimum absolute atomic E-state index is 0.103. The van der Waals surface area contributed by atoms with Gasteiger partial charge >= 0.3 is 0 Å². The van der Waals surface area contributed by atoms with Gasteiger partial charge in [0.1, 0.15) is 0 Å². The summed E-state index contributed by atoms with van der Waals surface area (Å²) in [7, 11) is 0. The van der Waals surface area contributed by atoms with Crippen LogP contribution in [-0.2, 0) is 6.54 Å². The first-order valence-electron chi connectivity index (χ1n) is 8.05. The molecular weight excluding hydrogens is 416 g/mol. The van der Waals surface area contributed by atoms with E-state index in [2.05, 4.69) is 31.1 Å². The Bertz CT molecular complexity index is 1170. The van der Waals surface area contributed by atoms with Crippen LogP contribution in [0.25, 0.3) is 21.8 Å². The SMILES string of the molecule is CCn1c(O)c(N=Nc2ccnc3cc(Cl)ccc23)c2cc(Br)ccc21. The molecule has 2 aromatic heterocycles. The maximum Gasteiger partial charge on any atom is 0.220 e. The Balaban J connectivity index is 1.88. The normalized spacial score (nSPS) is 11.8. The second-order valence-corrected chi connectivity index (χ2v) is 7.12. The Morgan fingerprint density at radius 1 is 1.12 bits per heavy atom. The van der Waals surface area contributed by atoms with Gasteiger partial charge in [-0.25, -0.2) is 0 Å². The molecule has 5 nitrogen and oxygen atoms in total. The van der Waals surface area contributed by atoms with Crippen LogP contribution in [0.4, 0.5) is 11.4 Å². The minimum atomic E-state index is 0.103. The minimum Gasteiger partial charge on any atom is -0.493 e. The quantitative estimate of drug-likeness (QED) is 0.366. The van der Waals surface area contributed by atoms with Crippen LogP contribution < -0.4 is 0 Å². The fourth-order valence-corrected chi connectivity index (χ4v) is 3.54. The van der Waals surface area contributed by atoms with Gasteiger partial charge in [0.25, 0.3) is 0 Å². The third kappa shape index (κ3) is 2.85. The number of azo groups is 1. The number of benzene rings is 2. The van der Waals surface area contributed by atoms with E-state index < -0.39 is 0 Å². The molecule has 1 N–H and O–H groups in total. The molecular formula is C19H14BrClN4O. The molecule has 0 bridgehead atoms. The van der Waals surface area contributed by atoms with Crippen molar-refractivity contribution in [1.82, 2.24) is 9.55 Å². The van der Waals surface area contributed by atoms with E-state index in [4.69, 9.17) is 11.6 Å². The molecule has 0 aliphatic carbocycles. The van der Waals surface area contributed by atoms with E-state index in [9.17, 15) is 5.11 Å². The van der Waals surface area contributed by atoms with Crippen LogP contribution >= 0.6 is 27.5 Å². The number of nitrogens with zero attached hydrogens (tertiary/aromatic N) is 4. The van der Waals surface area contributed by atoms with Crippen molar-refractivity contribution in [2.24, 2.45) is 10.2 Å². The molecule has 0 unspecified atom stereocenters. The lowest BCUT2D eigenvalue weighted by Crippen LogP contribution is -1.91. The summed E-state index contributed by atoms with van der Waals surface area (Å²) in [5, 5.41) is 21.6. The fraction of sp³-hybridized carbons (Fsp3) is 0.105. The number of rotatable bonds is 3. The predicted octanol–water partition coefficient (Wildman–Crippen LogP) is 6.75. The molecule has 0 radical (unpaired) electrons. The van der Waals surface area contributed by atoms with E-state index in [-0.39, 0.29) is 5.88 Å². The molecule has 0 amide bonds. The van der Waals surface area contributed by atoms with E-state index in [1.807, 2.05) is 31.2 Å². The van der Waals surface area contributed by atoms with Gasteiger partial charge in [-0.1, -0.05) is 27.5 Å². The monoisotopic (exact) mass is 428 g/mol. The summed E-state index contributed by atoms with van der Waals surface area (Å²) in [6.45, 7) is 2.61. The number of aryl methyl sites for hydroxylation is 1. The molecule has 7 heteroatoms. The summed E-state index contributed by atoms with van der Waals surface area (Å²) in [5.41, 5.74) is 2.77. The number of hydrogen-bond donors (Lipinski definition) is 1. The first kappa shape index (κ1) is 17.0. The average Bonchev–Trinajstić information content (AvgIpc) is 2.89. The molecule has 0 aliphatic heterocycles. The maximum absolute atomic E-state index is 10.6. The topological polar surface area (TPSA) is 62.8 Å². The summed E-state index contributed by atoms with van der Waals surface area (Å²) in [6.07, 6.45) is 1.67. The van der Waals surface area contributed by atoms with Crippen LogP contribution in [0.3, 0.4) is 0 Å². The van der Waals surface area contributed by atoms with Crippen LogP contribution in [0.15, 0.2) is 63.4 Å². The number of aromatic hydroxyl groups is 1. The lowest BCUT2D eigenvalue weighted by atomic mass is 10.2. The van der Waals surface area contributed by atoms with E-state index in [0.717, 1.165) is 26.3 Å². The Hall–Kier alpha value is -2.44. The first-order chi connectivity index (χ1) is 12.6. The molecule has 2 aromatic carbocycles. The van der Waals surface area contributed by atoms with Crippen molar-refractivity contribution in [2.75, 3.05) is 0 Å². The zero-order valence-electron chi connectivity index (χ0n) is 13.8. The van der Waals surface area contributed by atoms with Gasteiger partial charge in [0.2, 0.25) is 5.88 Å². The van der Waals surface area contributed by atoms with E-state index in [1.165, 1.54) is 0 Å². The number of aromatic nitrogens is 2. The molecule has 0 saturated carbocycles. The Morgan fingerprint density at radius 2 is 1.96 bits per heavy atom. The van der Waals surface area contributed by atoms with Gasteiger partial charge < -0.3 is 9.67 Å². The summed E-state index contributed by atoms with van der Waals surface area (Å²) < 4.78 is 2.72. The molecule has 26 heavy (non-hydrogen) atoms. The zero-order valence-corrected chi connectivity index (χ0v) is 16.2. The zero-order chi connectivity index (χ0) is 18.3. The average molecular weight is 430 g/mol. The summed E-state index contributed by atoms with van der Waals surface area (Å²) in [5.74, 6) is 0.103. The van der Waals surface area contributed by atoms with Gasteiger partial charge in [-0.2, -0.15) is 0 Å². The van der Waals surface area contributed by atoms with E-state index in [0.29, 0.717) is 22.9 Å². The van der Waals surface area contributed by atoms with Crippen LogP contribution in [0.5, 0.6) is 5.88 Å². The predicted molar refractivity (Wildman–Crippen MR) is 108 cm³/mol. The van der Waals surface area contributed by atoms with Gasteiger partial charge in [-0.05, 0) is 49.4 Å². The summed E-state index contributed by atoms with van der Waals surface area (Å²) in [6, 6.07) is 13.0. The first-order valence-corrected chi connectivity index (χ1v) is 9.22. The summed E-state index contributed by atoms with van der Waals surface area (Å²) in [4.78, 5) is 4.31. The van der Waals surface area contributed by atoms with Crippen LogP contribution in [0, 0.1) is 0 Å². The Kier molecular flexibility index (Phi) is 4.38. The van der Waals surface area contributed by atoms with Gasteiger partial charge in [0.15, 0.2) is 5.69 Å². The highest BCUT2D eigenvalue weighted by Crippen LogP contribution is 2.41. The standard InChI is InChI=1S/C19H14BrClN4O/c1-2-25-17-6-3-11(20)9-14(17)18(19(25)26)24-23-15-7-8-22-16-10-12(21)4-5-13(15)16/h3-10,26H,2H2,1H3. The molecule has 2 heterocycles. The number of fused-ring (bicyclic) bond motifs is 2. The Morgan fingerprint density at radius 3 is 2.77 bits per heavy atom. The van der Waals surface area contributed by atoms with Crippen LogP contribution in [-0.4, -0.2) is 14.7 Å². The van der Waals surface area contributed by atoms with Gasteiger partial charge in [-0.15, -0.1) is 10.2 Å². The molecule has 4 rings (SSSR count). The lowest BCUT2D eigenvalue weighted by Gasteiger charge is -2.01. The van der Waals surface area contributed by atoms with Gasteiger partial charge in [0.05, 0.1) is 16.7 Å². The number of pyridine rings is 1. The number of halogens is 2. The van der Waals surface area contributed by atoms with Crippen LogP contribution in [0.1, 0.15) is 6.92 Å². The molecule has 0 spiro atoms. The second kappa shape index (κ2) is 6.70. The molecule has 4 aromatic rings. The second-order valence-electron chi connectivity index (χ2n) is 5.77. The van der Waals surface area contributed by atoms with Crippen molar-refractivity contribution in [1.29, 1.82) is 0 Å². The summed E-state index contributed by atoms with van der Waals surface area (Å²) >= 11 is 9.50. The van der Waals surface area contributed by atoms with Crippen molar-refractivity contribution >= 4 is 60.7 Å². The molecule has 130 valence electrons. The molecule has 0 saturated heterocycles. The molecule has 0 fully saturated rings. The molecule has 0 aliphatic rings. The third-order valence-corrected chi connectivity index (χ3v) is 4.96. The highest BCUT2D eigenvalue weighted by Gasteiger charge is 2.16. The van der Waals surface area contributed by atoms with Crippen molar-refractivity contribution in [2.45, 2.75) is 13.5 Å². The fourth-order valence-electron chi connectivity index (χ4n) is 3.01. The van der Waals surface area contributed by atoms with Gasteiger partial charge in [-0.3, -0.25) is 4.98 Å². The van der Waals surface area contributed by atoms with Crippen molar-refractivity contribution < 1.29 is 5.11 Å². The van der Waals surface area contributed by atoms with Crippen LogP contribution in [0.2, 0.25) is 5.02 Å². The van der Waals surface area contributed by atoms with Crippen molar-refractivity contribution in [3.8, 4) is 5.88 Å². The van der Waals surface area contributed by atoms with Crippen molar-refractivity contribution in [3.05, 3.63) is 58.2 Å². The third-order valence-electron chi connectivity index (χ3n) is 4.23. The maximum atomic E-state index is 10.6. The molecule has 0 atom stereocenters. The smallest absolute Gasteiger partial charge is 0.220 e. The lowest BCUT2D eigenvalue weighted by molar-refractivity contribution is 0.427. The largest absolute Gasteiger partial charge is 0.493 e. The Labute approximate surface area is 163 Å². The van der Waals surface area contributed by atoms with Gasteiger partial charge in [0, 0.05) is 33.0 Å². The van der Waals surface area contributed by atoms with E-state index in [1.54, 1.807) is 29.0 Å². The van der Waals surface area contributed by atoms with E-state index >= 15 is 0 Å². The highest BCUT2D eigenvalue weighted by atomic mass is 79.9.